The largest absolute Gasteiger partial charge is 0.297 e. The maximum absolute atomic E-state index is 12.7. The average Bonchev–Trinajstić information content (AvgIpc) is 2.58. The molecule has 3 heteroatoms. The summed E-state index contributed by atoms with van der Waals surface area (Å²) >= 11 is 2.02. The van der Waals surface area contributed by atoms with Gasteiger partial charge in [-0.25, -0.2) is 0 Å². The number of nitrogens with zero attached hydrogens (tertiary/aromatic N) is 1. The van der Waals surface area contributed by atoms with Gasteiger partial charge in [-0.05, 0) is 42.7 Å². The molecule has 0 N–H and O–H groups in total. The first-order chi connectivity index (χ1) is 11.1. The highest BCUT2D eigenvalue weighted by atomic mass is 32.2. The predicted molar refractivity (Wildman–Crippen MR) is 98.4 cm³/mol. The number of thioether (sulfide) groups is 1. The number of benzene rings is 2. The first-order valence-corrected chi connectivity index (χ1v) is 9.30. The van der Waals surface area contributed by atoms with Gasteiger partial charge < -0.3 is 0 Å². The number of hydrogen-bond donors (Lipinski definition) is 0. The smallest absolute Gasteiger partial charge is 0.193 e. The Hall–Kier alpha value is -1.58. The van der Waals surface area contributed by atoms with E-state index in [1.807, 2.05) is 42.1 Å². The molecule has 0 unspecified atom stereocenters. The van der Waals surface area contributed by atoms with Gasteiger partial charge >= 0.3 is 0 Å². The van der Waals surface area contributed by atoms with E-state index in [2.05, 4.69) is 30.9 Å². The lowest BCUT2D eigenvalue weighted by Crippen LogP contribution is -2.31. The van der Waals surface area contributed by atoms with Crippen molar-refractivity contribution in [1.29, 1.82) is 0 Å². The van der Waals surface area contributed by atoms with Gasteiger partial charge in [0, 0.05) is 42.3 Å². The van der Waals surface area contributed by atoms with Crippen molar-refractivity contribution in [2.75, 3.05) is 24.6 Å². The summed E-state index contributed by atoms with van der Waals surface area (Å²) < 4.78 is 0. The van der Waals surface area contributed by atoms with Gasteiger partial charge in [-0.2, -0.15) is 11.8 Å². The minimum atomic E-state index is 0.115. The molecule has 1 aliphatic heterocycles. The molecule has 2 nitrogen and oxygen atoms in total. The van der Waals surface area contributed by atoms with Crippen LogP contribution >= 0.6 is 11.8 Å². The monoisotopic (exact) mass is 325 g/mol. The Morgan fingerprint density at radius 1 is 1.00 bits per heavy atom. The highest BCUT2D eigenvalue weighted by molar-refractivity contribution is 7.99. The summed E-state index contributed by atoms with van der Waals surface area (Å²) in [5.74, 6) is 2.53. The number of hydrogen-bond acceptors (Lipinski definition) is 3. The summed E-state index contributed by atoms with van der Waals surface area (Å²) in [7, 11) is 0. The van der Waals surface area contributed by atoms with Gasteiger partial charge in [0.1, 0.15) is 0 Å². The molecule has 0 radical (unpaired) electrons. The quantitative estimate of drug-likeness (QED) is 0.790. The van der Waals surface area contributed by atoms with Gasteiger partial charge in [-0.15, -0.1) is 0 Å². The maximum atomic E-state index is 12.7. The van der Waals surface area contributed by atoms with Crippen LogP contribution < -0.4 is 0 Å². The Morgan fingerprint density at radius 2 is 1.74 bits per heavy atom. The molecule has 3 rings (SSSR count). The second kappa shape index (κ2) is 7.33. The minimum Gasteiger partial charge on any atom is -0.297 e. The van der Waals surface area contributed by atoms with Crippen LogP contribution in [0.1, 0.15) is 32.6 Å². The Labute approximate surface area is 142 Å². The second-order valence-electron chi connectivity index (χ2n) is 6.22. The van der Waals surface area contributed by atoms with Gasteiger partial charge in [0.05, 0.1) is 0 Å². The van der Waals surface area contributed by atoms with Gasteiger partial charge in [0.25, 0.3) is 0 Å². The molecular formula is C20H23NOS. The molecule has 1 aliphatic rings. The van der Waals surface area contributed by atoms with E-state index in [1.54, 1.807) is 0 Å². The summed E-state index contributed by atoms with van der Waals surface area (Å²) in [6.45, 7) is 7.34. The second-order valence-corrected chi connectivity index (χ2v) is 7.44. The summed E-state index contributed by atoms with van der Waals surface area (Å²) in [4.78, 5) is 15.2. The SMILES string of the molecule is Cc1ccc(C(=O)c2cccc(CN3CCSCC3)c2)cc1C. The first-order valence-electron chi connectivity index (χ1n) is 8.14. The van der Waals surface area contributed by atoms with Crippen molar-refractivity contribution in [2.24, 2.45) is 0 Å². The van der Waals surface area contributed by atoms with Crippen molar-refractivity contribution >= 4 is 17.5 Å². The van der Waals surface area contributed by atoms with Gasteiger partial charge in [-0.1, -0.05) is 30.3 Å². The molecule has 2 aromatic rings. The van der Waals surface area contributed by atoms with E-state index < -0.39 is 0 Å². The number of carbonyl (C=O) groups is 1. The number of carbonyl (C=O) groups excluding carboxylic acids is 1. The van der Waals surface area contributed by atoms with Crippen LogP contribution in [0.4, 0.5) is 0 Å². The lowest BCUT2D eigenvalue weighted by molar-refractivity contribution is 0.103. The van der Waals surface area contributed by atoms with Crippen LogP contribution in [0, 0.1) is 13.8 Å². The number of aryl methyl sites for hydroxylation is 2. The zero-order valence-corrected chi connectivity index (χ0v) is 14.7. The third-order valence-corrected chi connectivity index (χ3v) is 5.41. The summed E-state index contributed by atoms with van der Waals surface area (Å²) in [6.07, 6.45) is 0. The van der Waals surface area contributed by atoms with Crippen LogP contribution in [0.2, 0.25) is 0 Å². The fourth-order valence-electron chi connectivity index (χ4n) is 2.88. The number of rotatable bonds is 4. The summed E-state index contributed by atoms with van der Waals surface area (Å²) in [5, 5.41) is 0. The lowest BCUT2D eigenvalue weighted by Gasteiger charge is -2.26. The molecule has 2 aromatic carbocycles. The number of ketones is 1. The van der Waals surface area contributed by atoms with E-state index in [9.17, 15) is 4.79 Å². The average molecular weight is 325 g/mol. The zero-order chi connectivity index (χ0) is 16.2. The first kappa shape index (κ1) is 16.3. The van der Waals surface area contributed by atoms with Crippen LogP contribution in [0.5, 0.6) is 0 Å². The van der Waals surface area contributed by atoms with Gasteiger partial charge in [0.15, 0.2) is 5.78 Å². The van der Waals surface area contributed by atoms with Crippen molar-refractivity contribution in [1.82, 2.24) is 4.90 Å². The van der Waals surface area contributed by atoms with Gasteiger partial charge in [-0.3, -0.25) is 9.69 Å². The molecule has 1 fully saturated rings. The minimum absolute atomic E-state index is 0.115. The Morgan fingerprint density at radius 3 is 2.48 bits per heavy atom. The Kier molecular flexibility index (Phi) is 5.19. The Bertz CT molecular complexity index is 705. The lowest BCUT2D eigenvalue weighted by atomic mass is 9.98. The summed E-state index contributed by atoms with van der Waals surface area (Å²) in [6, 6.07) is 14.1. The van der Waals surface area contributed by atoms with E-state index in [1.165, 1.54) is 22.6 Å². The van der Waals surface area contributed by atoms with E-state index in [-0.39, 0.29) is 5.78 Å². The molecule has 0 atom stereocenters. The van der Waals surface area contributed by atoms with Crippen LogP contribution in [-0.4, -0.2) is 35.3 Å². The van der Waals surface area contributed by atoms with Gasteiger partial charge in [0.2, 0.25) is 0 Å². The summed E-state index contributed by atoms with van der Waals surface area (Å²) in [5.41, 5.74) is 5.18. The Balaban J connectivity index is 1.78. The van der Waals surface area contributed by atoms with E-state index in [0.29, 0.717) is 0 Å². The van der Waals surface area contributed by atoms with Crippen LogP contribution in [-0.2, 0) is 6.54 Å². The molecule has 0 aromatic heterocycles. The molecule has 0 spiro atoms. The van der Waals surface area contributed by atoms with Crippen LogP contribution in [0.15, 0.2) is 42.5 Å². The van der Waals surface area contributed by atoms with Crippen LogP contribution in [0.3, 0.4) is 0 Å². The molecule has 1 saturated heterocycles. The molecule has 23 heavy (non-hydrogen) atoms. The fourth-order valence-corrected chi connectivity index (χ4v) is 3.86. The van der Waals surface area contributed by atoms with Crippen molar-refractivity contribution < 1.29 is 4.79 Å². The van der Waals surface area contributed by atoms with Crippen LogP contribution in [0.25, 0.3) is 0 Å². The van der Waals surface area contributed by atoms with Crippen molar-refractivity contribution in [3.8, 4) is 0 Å². The molecule has 0 amide bonds. The normalized spacial score (nSPS) is 15.6. The zero-order valence-electron chi connectivity index (χ0n) is 13.8. The third kappa shape index (κ3) is 4.04. The molecule has 1 heterocycles. The third-order valence-electron chi connectivity index (χ3n) is 4.47. The van der Waals surface area contributed by atoms with Crippen molar-refractivity contribution in [2.45, 2.75) is 20.4 Å². The highest BCUT2D eigenvalue weighted by Crippen LogP contribution is 2.17. The predicted octanol–water partition coefficient (Wildman–Crippen LogP) is 4.08. The van der Waals surface area contributed by atoms with E-state index >= 15 is 0 Å². The molecular weight excluding hydrogens is 302 g/mol. The molecule has 0 saturated carbocycles. The molecule has 0 aliphatic carbocycles. The molecule has 0 bridgehead atoms. The molecule has 120 valence electrons. The standard InChI is InChI=1S/C20H23NOS/c1-15-6-7-19(12-16(15)2)20(22)18-5-3-4-17(13-18)14-21-8-10-23-11-9-21/h3-7,12-13H,8-11,14H2,1-2H3. The fraction of sp³-hybridized carbons (Fsp3) is 0.350. The van der Waals surface area contributed by atoms with E-state index in [4.69, 9.17) is 0 Å². The maximum Gasteiger partial charge on any atom is 0.193 e. The van der Waals surface area contributed by atoms with E-state index in [0.717, 1.165) is 36.3 Å². The van der Waals surface area contributed by atoms with Crippen molar-refractivity contribution in [3.05, 3.63) is 70.3 Å². The van der Waals surface area contributed by atoms with Crippen molar-refractivity contribution in [3.63, 3.8) is 0 Å². The topological polar surface area (TPSA) is 20.3 Å². The highest BCUT2D eigenvalue weighted by Gasteiger charge is 2.13.